The molecule has 142 valence electrons. The van der Waals surface area contributed by atoms with E-state index < -0.39 is 5.54 Å². The molecule has 1 N–H and O–H groups in total. The van der Waals surface area contributed by atoms with Crippen molar-refractivity contribution in [2.24, 2.45) is 0 Å². The first-order valence-corrected chi connectivity index (χ1v) is 9.29. The highest BCUT2D eigenvalue weighted by atomic mass is 16.5. The normalized spacial score (nSPS) is 25.8. The molecular weight excluding hydrogens is 332 g/mol. The lowest BCUT2D eigenvalue weighted by Crippen LogP contribution is -2.52. The lowest BCUT2D eigenvalue weighted by Gasteiger charge is -2.34. The average Bonchev–Trinajstić information content (AvgIpc) is 2.91. The molecule has 1 aromatic carbocycles. The van der Waals surface area contributed by atoms with E-state index in [9.17, 15) is 9.59 Å². The first kappa shape index (κ1) is 18.7. The molecular formula is C20H28N2O4. The minimum absolute atomic E-state index is 0.0612. The molecule has 2 aliphatic heterocycles. The average molecular weight is 360 g/mol. The van der Waals surface area contributed by atoms with E-state index in [0.29, 0.717) is 32.5 Å². The molecule has 0 aromatic heterocycles. The lowest BCUT2D eigenvalue weighted by atomic mass is 9.79. The number of nitrogens with zero attached hydrogens (tertiary/aromatic N) is 1. The number of rotatable bonds is 5. The van der Waals surface area contributed by atoms with Gasteiger partial charge in [-0.3, -0.25) is 9.59 Å². The molecule has 2 atom stereocenters. The monoisotopic (exact) mass is 360 g/mol. The van der Waals surface area contributed by atoms with Crippen LogP contribution in [0.5, 0.6) is 5.75 Å². The number of hydrogen-bond donors (Lipinski definition) is 1. The van der Waals surface area contributed by atoms with Gasteiger partial charge in [0.15, 0.2) is 0 Å². The van der Waals surface area contributed by atoms with Gasteiger partial charge >= 0.3 is 0 Å². The van der Waals surface area contributed by atoms with Crippen LogP contribution in [-0.2, 0) is 14.3 Å². The quantitative estimate of drug-likeness (QED) is 0.873. The summed E-state index contributed by atoms with van der Waals surface area (Å²) in [6, 6.07) is 7.97. The van der Waals surface area contributed by atoms with Crippen molar-refractivity contribution in [1.82, 2.24) is 10.2 Å². The van der Waals surface area contributed by atoms with E-state index in [1.165, 1.54) is 0 Å². The minimum Gasteiger partial charge on any atom is -0.497 e. The van der Waals surface area contributed by atoms with Crippen molar-refractivity contribution in [2.75, 3.05) is 33.9 Å². The maximum absolute atomic E-state index is 12.6. The summed E-state index contributed by atoms with van der Waals surface area (Å²) in [6.07, 6.45) is 3.69. The van der Waals surface area contributed by atoms with Gasteiger partial charge in [0.1, 0.15) is 5.75 Å². The van der Waals surface area contributed by atoms with E-state index in [0.717, 1.165) is 30.6 Å². The van der Waals surface area contributed by atoms with Crippen molar-refractivity contribution in [3.05, 3.63) is 29.8 Å². The summed E-state index contributed by atoms with van der Waals surface area (Å²) in [5.74, 6) is 1.02. The van der Waals surface area contributed by atoms with E-state index in [1.807, 2.05) is 23.1 Å². The molecule has 0 radical (unpaired) electrons. The van der Waals surface area contributed by atoms with Crippen LogP contribution in [0.2, 0.25) is 0 Å². The van der Waals surface area contributed by atoms with Crippen molar-refractivity contribution >= 4 is 11.8 Å². The van der Waals surface area contributed by atoms with E-state index >= 15 is 0 Å². The maximum atomic E-state index is 12.6. The zero-order valence-electron chi connectivity index (χ0n) is 15.6. The number of carbonyl (C=O) groups is 2. The fourth-order valence-electron chi connectivity index (χ4n) is 4.24. The second-order valence-electron chi connectivity index (χ2n) is 7.26. The van der Waals surface area contributed by atoms with Crippen LogP contribution in [0.15, 0.2) is 24.3 Å². The standard InChI is InChI=1S/C20H28N2O4/c1-25-11-9-19(24)22-13-17(15-6-5-7-16(12-15)26-2)20(14-22)10-4-3-8-18(23)21-20/h5-7,12,17H,3-4,8-11,13-14H2,1-2H3,(H,21,23)/t17-,20+/m0/s1. The van der Waals surface area contributed by atoms with Crippen LogP contribution < -0.4 is 10.1 Å². The minimum atomic E-state index is -0.400. The van der Waals surface area contributed by atoms with Gasteiger partial charge in [0.2, 0.25) is 11.8 Å². The molecule has 0 unspecified atom stereocenters. The second-order valence-corrected chi connectivity index (χ2v) is 7.26. The Morgan fingerprint density at radius 2 is 2.19 bits per heavy atom. The molecule has 6 heteroatoms. The van der Waals surface area contributed by atoms with Crippen LogP contribution in [0, 0.1) is 0 Å². The van der Waals surface area contributed by atoms with Gasteiger partial charge in [0.05, 0.1) is 25.7 Å². The van der Waals surface area contributed by atoms with Crippen LogP contribution in [0.25, 0.3) is 0 Å². The highest BCUT2D eigenvalue weighted by Crippen LogP contribution is 2.41. The Morgan fingerprint density at radius 3 is 2.96 bits per heavy atom. The zero-order chi connectivity index (χ0) is 18.6. The third-order valence-electron chi connectivity index (χ3n) is 5.58. The molecule has 1 aromatic rings. The summed E-state index contributed by atoms with van der Waals surface area (Å²) in [7, 11) is 3.25. The molecule has 2 aliphatic rings. The molecule has 0 aliphatic carbocycles. The molecule has 6 nitrogen and oxygen atoms in total. The van der Waals surface area contributed by atoms with Crippen LogP contribution >= 0.6 is 0 Å². The topological polar surface area (TPSA) is 67.9 Å². The van der Waals surface area contributed by atoms with Gasteiger partial charge < -0.3 is 19.7 Å². The van der Waals surface area contributed by atoms with Gasteiger partial charge in [0, 0.05) is 32.5 Å². The third-order valence-corrected chi connectivity index (χ3v) is 5.58. The maximum Gasteiger partial charge on any atom is 0.224 e. The molecule has 0 bridgehead atoms. The molecule has 2 amide bonds. The highest BCUT2D eigenvalue weighted by Gasteiger charge is 2.49. The molecule has 2 saturated heterocycles. The van der Waals surface area contributed by atoms with Gasteiger partial charge in [-0.1, -0.05) is 18.6 Å². The molecule has 1 spiro atoms. The number of benzene rings is 1. The Bertz CT molecular complexity index is 663. The predicted octanol–water partition coefficient (Wildman–Crippen LogP) is 2.09. The molecule has 3 rings (SSSR count). The number of nitrogens with one attached hydrogen (secondary N) is 1. The van der Waals surface area contributed by atoms with E-state index in [-0.39, 0.29) is 17.7 Å². The summed E-state index contributed by atoms with van der Waals surface area (Å²) in [5, 5.41) is 3.28. The number of methoxy groups -OCH3 is 2. The van der Waals surface area contributed by atoms with Crippen LogP contribution in [0.3, 0.4) is 0 Å². The smallest absolute Gasteiger partial charge is 0.224 e. The third kappa shape index (κ3) is 3.85. The Kier molecular flexibility index (Phi) is 5.81. The highest BCUT2D eigenvalue weighted by molar-refractivity contribution is 5.79. The number of hydrogen-bond acceptors (Lipinski definition) is 4. The van der Waals surface area contributed by atoms with Gasteiger partial charge in [-0.25, -0.2) is 0 Å². The zero-order valence-corrected chi connectivity index (χ0v) is 15.6. The summed E-state index contributed by atoms with van der Waals surface area (Å²) in [5.41, 5.74) is 0.705. The van der Waals surface area contributed by atoms with E-state index in [4.69, 9.17) is 9.47 Å². The first-order valence-electron chi connectivity index (χ1n) is 9.29. The van der Waals surface area contributed by atoms with Crippen LogP contribution in [0.1, 0.15) is 43.6 Å². The molecule has 2 heterocycles. The van der Waals surface area contributed by atoms with E-state index in [2.05, 4.69) is 11.4 Å². The van der Waals surface area contributed by atoms with Gasteiger partial charge in [-0.15, -0.1) is 0 Å². The number of carbonyl (C=O) groups excluding carboxylic acids is 2. The summed E-state index contributed by atoms with van der Waals surface area (Å²) in [4.78, 5) is 26.8. The van der Waals surface area contributed by atoms with Crippen molar-refractivity contribution in [3.63, 3.8) is 0 Å². The largest absolute Gasteiger partial charge is 0.497 e. The van der Waals surface area contributed by atoms with Gasteiger partial charge in [-0.2, -0.15) is 0 Å². The second kappa shape index (κ2) is 8.08. The Labute approximate surface area is 154 Å². The van der Waals surface area contributed by atoms with Gasteiger partial charge in [0.25, 0.3) is 0 Å². The van der Waals surface area contributed by atoms with E-state index in [1.54, 1.807) is 14.2 Å². The fraction of sp³-hybridized carbons (Fsp3) is 0.600. The number of amides is 2. The Hall–Kier alpha value is -2.08. The molecule has 0 saturated carbocycles. The van der Waals surface area contributed by atoms with Crippen molar-refractivity contribution in [2.45, 2.75) is 43.6 Å². The lowest BCUT2D eigenvalue weighted by molar-refractivity contribution is -0.131. The number of ether oxygens (including phenoxy) is 2. The van der Waals surface area contributed by atoms with Gasteiger partial charge in [-0.05, 0) is 30.5 Å². The van der Waals surface area contributed by atoms with Crippen molar-refractivity contribution in [1.29, 1.82) is 0 Å². The Morgan fingerprint density at radius 1 is 1.35 bits per heavy atom. The summed E-state index contributed by atoms with van der Waals surface area (Å²) < 4.78 is 10.4. The Balaban J connectivity index is 1.91. The summed E-state index contributed by atoms with van der Waals surface area (Å²) >= 11 is 0. The summed E-state index contributed by atoms with van der Waals surface area (Å²) in [6.45, 7) is 1.58. The fourth-order valence-corrected chi connectivity index (χ4v) is 4.24. The first-order chi connectivity index (χ1) is 12.6. The van der Waals surface area contributed by atoms with Crippen molar-refractivity contribution in [3.8, 4) is 5.75 Å². The SMILES string of the molecule is COCCC(=O)N1C[C@@H](c2cccc(OC)c2)[C@@]2(CCCCC(=O)N2)C1. The molecule has 26 heavy (non-hydrogen) atoms. The van der Waals surface area contributed by atoms with Crippen LogP contribution in [0.4, 0.5) is 0 Å². The molecule has 2 fully saturated rings. The predicted molar refractivity (Wildman–Crippen MR) is 98.1 cm³/mol. The number of likely N-dealkylation sites (tertiary alicyclic amines) is 1. The van der Waals surface area contributed by atoms with Crippen molar-refractivity contribution < 1.29 is 19.1 Å². The van der Waals surface area contributed by atoms with Crippen LogP contribution in [-0.4, -0.2) is 56.2 Å².